The van der Waals surface area contributed by atoms with E-state index in [9.17, 15) is 22.0 Å². The molecule has 7 heteroatoms. The van der Waals surface area contributed by atoms with Crippen LogP contribution in [0, 0.1) is 11.6 Å². The molecule has 2 aromatic carbocycles. The highest BCUT2D eigenvalue weighted by molar-refractivity contribution is 5.81. The van der Waals surface area contributed by atoms with E-state index in [1.165, 1.54) is 0 Å². The van der Waals surface area contributed by atoms with Gasteiger partial charge in [-0.15, -0.1) is 0 Å². The van der Waals surface area contributed by atoms with E-state index in [4.69, 9.17) is 0 Å². The van der Waals surface area contributed by atoms with Gasteiger partial charge in [0.25, 0.3) is 0 Å². The molecule has 1 N–H and O–H groups in total. The second-order valence-corrected chi connectivity index (χ2v) is 4.06. The molecule has 0 unspecified atom stereocenters. The predicted octanol–water partition coefficient (Wildman–Crippen LogP) is 4.43. The number of nitrogens with zero attached hydrogens (tertiary/aromatic N) is 1. The third-order valence-corrected chi connectivity index (χ3v) is 2.59. The number of anilines is 1. The summed E-state index contributed by atoms with van der Waals surface area (Å²) in [5.74, 6) is -2.82. The fraction of sp³-hybridized carbons (Fsp3) is 0.0714. The molecule has 0 atom stereocenters. The van der Waals surface area contributed by atoms with Crippen molar-refractivity contribution in [1.29, 1.82) is 0 Å². The maximum absolute atomic E-state index is 13.7. The lowest BCUT2D eigenvalue weighted by Crippen LogP contribution is -2.11. The van der Waals surface area contributed by atoms with Gasteiger partial charge in [0, 0.05) is 0 Å². The molecule has 0 saturated heterocycles. The van der Waals surface area contributed by atoms with Crippen LogP contribution >= 0.6 is 0 Å². The molecular formula is C14H9F5N2. The molecule has 110 valence electrons. The van der Waals surface area contributed by atoms with Gasteiger partial charge in [-0.1, -0.05) is 18.2 Å². The molecule has 0 heterocycles. The first-order valence-electron chi connectivity index (χ1n) is 5.79. The standard InChI is InChI=1S/C14H9F5N2/c15-12-7-6-11(14(17,18)19)13(16)10(12)8-20-21-9-4-2-1-3-5-9/h1-8,21H. The third-order valence-electron chi connectivity index (χ3n) is 2.59. The van der Waals surface area contributed by atoms with Crippen molar-refractivity contribution in [3.8, 4) is 0 Å². The third kappa shape index (κ3) is 3.56. The fourth-order valence-electron chi connectivity index (χ4n) is 1.59. The molecule has 0 aliphatic carbocycles. The first-order valence-corrected chi connectivity index (χ1v) is 5.79. The molecule has 2 nitrogen and oxygen atoms in total. The number of hydrogen-bond acceptors (Lipinski definition) is 2. The number of halogens is 5. The molecule has 2 rings (SSSR count). The molecule has 2 aromatic rings. The van der Waals surface area contributed by atoms with Crippen LogP contribution in [0.1, 0.15) is 11.1 Å². The Morgan fingerprint density at radius 1 is 0.952 bits per heavy atom. The molecule has 0 aliphatic rings. The van der Waals surface area contributed by atoms with Crippen LogP contribution in [0.2, 0.25) is 0 Å². The molecule has 0 radical (unpaired) electrons. The van der Waals surface area contributed by atoms with E-state index >= 15 is 0 Å². The van der Waals surface area contributed by atoms with Gasteiger partial charge in [-0.05, 0) is 24.3 Å². The molecule has 0 aliphatic heterocycles. The maximum Gasteiger partial charge on any atom is 0.419 e. The number of alkyl halides is 3. The molecule has 0 fully saturated rings. The van der Waals surface area contributed by atoms with E-state index in [2.05, 4.69) is 10.5 Å². The lowest BCUT2D eigenvalue weighted by atomic mass is 10.1. The summed E-state index contributed by atoms with van der Waals surface area (Å²) < 4.78 is 64.7. The van der Waals surface area contributed by atoms with Crippen LogP contribution in [-0.2, 0) is 6.18 Å². The highest BCUT2D eigenvalue weighted by Gasteiger charge is 2.35. The summed E-state index contributed by atoms with van der Waals surface area (Å²) in [7, 11) is 0. The highest BCUT2D eigenvalue weighted by Crippen LogP contribution is 2.32. The summed E-state index contributed by atoms with van der Waals surface area (Å²) >= 11 is 0. The van der Waals surface area contributed by atoms with Crippen molar-refractivity contribution in [2.45, 2.75) is 6.18 Å². The lowest BCUT2D eigenvalue weighted by Gasteiger charge is -2.09. The number of hydrogen-bond donors (Lipinski definition) is 1. The van der Waals surface area contributed by atoms with E-state index in [0.717, 1.165) is 0 Å². The molecule has 0 saturated carbocycles. The van der Waals surface area contributed by atoms with Crippen molar-refractivity contribution < 1.29 is 22.0 Å². The minimum Gasteiger partial charge on any atom is -0.279 e. The number of rotatable bonds is 3. The summed E-state index contributed by atoms with van der Waals surface area (Å²) in [6, 6.07) is 9.32. The van der Waals surface area contributed by atoms with E-state index in [1.54, 1.807) is 30.3 Å². The Labute approximate surface area is 116 Å². The van der Waals surface area contributed by atoms with Crippen LogP contribution in [0.5, 0.6) is 0 Å². The zero-order valence-corrected chi connectivity index (χ0v) is 10.5. The predicted molar refractivity (Wildman–Crippen MR) is 69.0 cm³/mol. The SMILES string of the molecule is Fc1ccc(C(F)(F)F)c(F)c1C=NNc1ccccc1. The summed E-state index contributed by atoms with van der Waals surface area (Å²) in [6.07, 6.45) is -4.22. The van der Waals surface area contributed by atoms with Gasteiger partial charge in [0.1, 0.15) is 11.6 Å². The number of nitrogens with one attached hydrogen (secondary N) is 1. The van der Waals surface area contributed by atoms with E-state index in [0.29, 0.717) is 24.0 Å². The molecule has 0 bridgehead atoms. The first-order chi connectivity index (χ1) is 9.89. The molecule has 0 spiro atoms. The summed E-state index contributed by atoms with van der Waals surface area (Å²) in [4.78, 5) is 0. The largest absolute Gasteiger partial charge is 0.419 e. The molecule has 21 heavy (non-hydrogen) atoms. The van der Waals surface area contributed by atoms with E-state index in [1.807, 2.05) is 0 Å². The van der Waals surface area contributed by atoms with Crippen LogP contribution in [-0.4, -0.2) is 6.21 Å². The van der Waals surface area contributed by atoms with Crippen molar-refractivity contribution in [1.82, 2.24) is 0 Å². The lowest BCUT2D eigenvalue weighted by molar-refractivity contribution is -0.140. The van der Waals surface area contributed by atoms with Crippen molar-refractivity contribution in [3.05, 3.63) is 65.2 Å². The zero-order valence-electron chi connectivity index (χ0n) is 10.5. The smallest absolute Gasteiger partial charge is 0.279 e. The molecular weight excluding hydrogens is 291 g/mol. The van der Waals surface area contributed by atoms with Crippen LogP contribution in [0.15, 0.2) is 47.6 Å². The summed E-state index contributed by atoms with van der Waals surface area (Å²) in [5, 5.41) is 3.53. The van der Waals surface area contributed by atoms with Gasteiger partial charge in [0.2, 0.25) is 0 Å². The second-order valence-electron chi connectivity index (χ2n) is 4.06. The van der Waals surface area contributed by atoms with Crippen LogP contribution in [0.4, 0.5) is 27.6 Å². The minimum absolute atomic E-state index is 0.354. The topological polar surface area (TPSA) is 24.4 Å². The Kier molecular flexibility index (Phi) is 4.21. The number of benzene rings is 2. The van der Waals surface area contributed by atoms with Gasteiger partial charge in [-0.2, -0.15) is 18.3 Å². The first kappa shape index (κ1) is 15.0. The Balaban J connectivity index is 2.27. The van der Waals surface area contributed by atoms with Gasteiger partial charge in [0.05, 0.1) is 23.0 Å². The van der Waals surface area contributed by atoms with Crippen LogP contribution in [0.3, 0.4) is 0 Å². The van der Waals surface area contributed by atoms with Crippen molar-refractivity contribution in [2.75, 3.05) is 5.43 Å². The fourth-order valence-corrected chi connectivity index (χ4v) is 1.59. The Bertz CT molecular complexity index is 650. The highest BCUT2D eigenvalue weighted by atomic mass is 19.4. The average Bonchev–Trinajstić information content (AvgIpc) is 2.42. The average molecular weight is 300 g/mol. The van der Waals surface area contributed by atoms with Crippen LogP contribution in [0.25, 0.3) is 0 Å². The van der Waals surface area contributed by atoms with Gasteiger partial charge in [-0.25, -0.2) is 8.78 Å². The van der Waals surface area contributed by atoms with Gasteiger partial charge < -0.3 is 0 Å². The van der Waals surface area contributed by atoms with Crippen molar-refractivity contribution in [2.24, 2.45) is 5.10 Å². The maximum atomic E-state index is 13.7. The van der Waals surface area contributed by atoms with Gasteiger partial charge in [-0.3, -0.25) is 5.43 Å². The normalized spacial score (nSPS) is 11.9. The Hall–Kier alpha value is -2.44. The number of para-hydroxylation sites is 1. The zero-order chi connectivity index (χ0) is 15.5. The monoisotopic (exact) mass is 300 g/mol. The minimum atomic E-state index is -4.90. The quantitative estimate of drug-likeness (QED) is 0.506. The molecule has 0 amide bonds. The summed E-state index contributed by atoms with van der Waals surface area (Å²) in [5.41, 5.74) is 0.599. The van der Waals surface area contributed by atoms with E-state index in [-0.39, 0.29) is 0 Å². The Morgan fingerprint density at radius 3 is 2.24 bits per heavy atom. The van der Waals surface area contributed by atoms with Gasteiger partial charge in [0.15, 0.2) is 0 Å². The Morgan fingerprint density at radius 2 is 1.62 bits per heavy atom. The second kappa shape index (κ2) is 5.90. The summed E-state index contributed by atoms with van der Waals surface area (Å²) in [6.45, 7) is 0. The van der Waals surface area contributed by atoms with Gasteiger partial charge >= 0.3 is 6.18 Å². The number of hydrazone groups is 1. The molecule has 0 aromatic heterocycles. The van der Waals surface area contributed by atoms with Crippen molar-refractivity contribution in [3.63, 3.8) is 0 Å². The van der Waals surface area contributed by atoms with Crippen molar-refractivity contribution >= 4 is 11.9 Å². The van der Waals surface area contributed by atoms with Crippen LogP contribution < -0.4 is 5.43 Å². The van der Waals surface area contributed by atoms with E-state index < -0.39 is 28.9 Å².